The standard InChI is InChI=1S/C17H18F3NO3S/c1-11-3-4-12(2)16(9-11)25(23,24)21-10-15(22)13-5-7-14(8-6-13)17(18,19)20/h3-9,15,21-22H,10H2,1-2H3. The number of aliphatic hydroxyl groups excluding tert-OH is 1. The molecule has 0 aliphatic carbocycles. The molecule has 0 spiro atoms. The first-order valence-corrected chi connectivity index (χ1v) is 8.91. The Labute approximate surface area is 144 Å². The summed E-state index contributed by atoms with van der Waals surface area (Å²) in [4.78, 5) is 0.104. The van der Waals surface area contributed by atoms with E-state index in [1.165, 1.54) is 6.07 Å². The average molecular weight is 373 g/mol. The first-order valence-electron chi connectivity index (χ1n) is 7.43. The van der Waals surface area contributed by atoms with E-state index in [2.05, 4.69) is 4.72 Å². The van der Waals surface area contributed by atoms with Crippen LogP contribution in [0.5, 0.6) is 0 Å². The molecule has 2 rings (SSSR count). The van der Waals surface area contributed by atoms with Gasteiger partial charge in [-0.1, -0.05) is 24.3 Å². The Morgan fingerprint density at radius 3 is 2.24 bits per heavy atom. The molecule has 0 aliphatic heterocycles. The lowest BCUT2D eigenvalue weighted by molar-refractivity contribution is -0.137. The van der Waals surface area contributed by atoms with Crippen LogP contribution in [0.15, 0.2) is 47.4 Å². The highest BCUT2D eigenvalue weighted by atomic mass is 32.2. The number of nitrogens with one attached hydrogen (secondary N) is 1. The van der Waals surface area contributed by atoms with Gasteiger partial charge in [-0.25, -0.2) is 13.1 Å². The van der Waals surface area contributed by atoms with Crippen LogP contribution in [-0.2, 0) is 16.2 Å². The third-order valence-corrected chi connectivity index (χ3v) is 5.29. The highest BCUT2D eigenvalue weighted by Crippen LogP contribution is 2.30. The summed E-state index contributed by atoms with van der Waals surface area (Å²) < 4.78 is 64.6. The summed E-state index contributed by atoms with van der Waals surface area (Å²) in [5.41, 5.74) is 0.687. The average Bonchev–Trinajstić information content (AvgIpc) is 2.54. The summed E-state index contributed by atoms with van der Waals surface area (Å²) in [6, 6.07) is 8.92. The van der Waals surface area contributed by atoms with E-state index in [0.29, 0.717) is 5.56 Å². The number of sulfonamides is 1. The Morgan fingerprint density at radius 1 is 1.08 bits per heavy atom. The van der Waals surface area contributed by atoms with E-state index in [1.807, 2.05) is 0 Å². The van der Waals surface area contributed by atoms with Crippen molar-refractivity contribution in [2.45, 2.75) is 31.0 Å². The summed E-state index contributed by atoms with van der Waals surface area (Å²) in [5.74, 6) is 0. The molecule has 0 heterocycles. The predicted octanol–water partition coefficient (Wildman–Crippen LogP) is 3.33. The molecule has 0 bridgehead atoms. The Hall–Kier alpha value is -1.90. The number of hydrogen-bond acceptors (Lipinski definition) is 3. The van der Waals surface area contributed by atoms with Gasteiger partial charge >= 0.3 is 6.18 Å². The molecule has 0 radical (unpaired) electrons. The molecule has 0 amide bonds. The van der Waals surface area contributed by atoms with Gasteiger partial charge in [-0.3, -0.25) is 0 Å². The Balaban J connectivity index is 2.11. The third-order valence-electron chi connectivity index (χ3n) is 3.72. The summed E-state index contributed by atoms with van der Waals surface area (Å²) in [5, 5.41) is 10.0. The molecule has 136 valence electrons. The molecule has 2 aromatic carbocycles. The fraction of sp³-hybridized carbons (Fsp3) is 0.294. The topological polar surface area (TPSA) is 66.4 Å². The Kier molecular flexibility index (Phi) is 5.55. The number of benzene rings is 2. The summed E-state index contributed by atoms with van der Waals surface area (Å²) >= 11 is 0. The van der Waals surface area contributed by atoms with E-state index in [9.17, 15) is 26.7 Å². The van der Waals surface area contributed by atoms with Crippen molar-refractivity contribution in [2.75, 3.05) is 6.54 Å². The molecule has 0 saturated heterocycles. The van der Waals surface area contributed by atoms with Gasteiger partial charge in [0.2, 0.25) is 10.0 Å². The normalized spacial score (nSPS) is 13.7. The molecule has 0 aliphatic rings. The van der Waals surface area contributed by atoms with Crippen LogP contribution in [0.2, 0.25) is 0 Å². The van der Waals surface area contributed by atoms with Gasteiger partial charge in [-0.15, -0.1) is 0 Å². The van der Waals surface area contributed by atoms with Crippen LogP contribution >= 0.6 is 0 Å². The first kappa shape index (κ1) is 19.4. The molecule has 0 fully saturated rings. The van der Waals surface area contributed by atoms with E-state index in [4.69, 9.17) is 0 Å². The zero-order chi connectivity index (χ0) is 18.8. The van der Waals surface area contributed by atoms with Gasteiger partial charge in [0, 0.05) is 6.54 Å². The molecule has 1 atom stereocenters. The summed E-state index contributed by atoms with van der Waals surface area (Å²) in [6.45, 7) is 3.07. The zero-order valence-corrected chi connectivity index (χ0v) is 14.4. The number of aryl methyl sites for hydroxylation is 2. The van der Waals surface area contributed by atoms with Crippen molar-refractivity contribution in [3.63, 3.8) is 0 Å². The van der Waals surface area contributed by atoms with E-state index in [-0.39, 0.29) is 17.0 Å². The molecule has 0 aromatic heterocycles. The second kappa shape index (κ2) is 7.15. The highest BCUT2D eigenvalue weighted by molar-refractivity contribution is 7.89. The van der Waals surface area contributed by atoms with Gasteiger partial charge < -0.3 is 5.11 Å². The van der Waals surface area contributed by atoms with Crippen molar-refractivity contribution in [3.05, 3.63) is 64.7 Å². The molecule has 0 saturated carbocycles. The maximum absolute atomic E-state index is 12.5. The van der Waals surface area contributed by atoms with Crippen molar-refractivity contribution in [1.82, 2.24) is 4.72 Å². The predicted molar refractivity (Wildman–Crippen MR) is 87.5 cm³/mol. The molecule has 2 aromatic rings. The van der Waals surface area contributed by atoms with Gasteiger partial charge in [-0.2, -0.15) is 13.2 Å². The highest BCUT2D eigenvalue weighted by Gasteiger charge is 2.30. The van der Waals surface area contributed by atoms with Crippen molar-refractivity contribution >= 4 is 10.0 Å². The molecular weight excluding hydrogens is 355 g/mol. The molecular formula is C17H18F3NO3S. The van der Waals surface area contributed by atoms with Crippen LogP contribution in [0.4, 0.5) is 13.2 Å². The van der Waals surface area contributed by atoms with Gasteiger partial charge in [0.25, 0.3) is 0 Å². The number of hydrogen-bond donors (Lipinski definition) is 2. The Morgan fingerprint density at radius 2 is 1.68 bits per heavy atom. The number of rotatable bonds is 5. The first-order chi connectivity index (χ1) is 11.5. The van der Waals surface area contributed by atoms with E-state index >= 15 is 0 Å². The van der Waals surface area contributed by atoms with Gasteiger partial charge in [-0.05, 0) is 48.7 Å². The van der Waals surface area contributed by atoms with E-state index < -0.39 is 27.9 Å². The third kappa shape index (κ3) is 4.81. The maximum Gasteiger partial charge on any atom is 0.416 e. The largest absolute Gasteiger partial charge is 0.416 e. The van der Waals surface area contributed by atoms with Crippen LogP contribution in [0.25, 0.3) is 0 Å². The number of alkyl halides is 3. The molecule has 2 N–H and O–H groups in total. The fourth-order valence-corrected chi connectivity index (χ4v) is 3.64. The minimum Gasteiger partial charge on any atom is -0.387 e. The lowest BCUT2D eigenvalue weighted by Crippen LogP contribution is -2.29. The van der Waals surface area contributed by atoms with Gasteiger partial charge in [0.1, 0.15) is 0 Å². The smallest absolute Gasteiger partial charge is 0.387 e. The minimum atomic E-state index is -4.46. The molecule has 25 heavy (non-hydrogen) atoms. The van der Waals surface area contributed by atoms with Crippen molar-refractivity contribution < 1.29 is 26.7 Å². The van der Waals surface area contributed by atoms with E-state index in [1.54, 1.807) is 26.0 Å². The molecule has 8 heteroatoms. The van der Waals surface area contributed by atoms with Crippen molar-refractivity contribution in [1.29, 1.82) is 0 Å². The van der Waals surface area contributed by atoms with Crippen LogP contribution in [0.1, 0.15) is 28.4 Å². The SMILES string of the molecule is Cc1ccc(C)c(S(=O)(=O)NCC(O)c2ccc(C(F)(F)F)cc2)c1. The van der Waals surface area contributed by atoms with Crippen LogP contribution in [-0.4, -0.2) is 20.1 Å². The second-order valence-corrected chi connectivity index (χ2v) is 7.49. The van der Waals surface area contributed by atoms with Crippen molar-refractivity contribution in [3.8, 4) is 0 Å². The maximum atomic E-state index is 12.5. The lowest BCUT2D eigenvalue weighted by atomic mass is 10.1. The van der Waals surface area contributed by atoms with Crippen LogP contribution in [0.3, 0.4) is 0 Å². The van der Waals surface area contributed by atoms with Crippen molar-refractivity contribution in [2.24, 2.45) is 0 Å². The lowest BCUT2D eigenvalue weighted by Gasteiger charge is -2.15. The number of halogens is 3. The van der Waals surface area contributed by atoms with Gasteiger partial charge in [0.05, 0.1) is 16.6 Å². The Bertz CT molecular complexity index is 846. The van der Waals surface area contributed by atoms with Crippen LogP contribution in [0, 0.1) is 13.8 Å². The second-order valence-electron chi connectivity index (χ2n) is 5.76. The van der Waals surface area contributed by atoms with Gasteiger partial charge in [0.15, 0.2) is 0 Å². The summed E-state index contributed by atoms with van der Waals surface area (Å²) in [7, 11) is -3.84. The quantitative estimate of drug-likeness (QED) is 0.845. The molecule has 4 nitrogen and oxygen atoms in total. The van der Waals surface area contributed by atoms with Crippen LogP contribution < -0.4 is 4.72 Å². The zero-order valence-electron chi connectivity index (χ0n) is 13.6. The van der Waals surface area contributed by atoms with E-state index in [0.717, 1.165) is 29.8 Å². The monoisotopic (exact) mass is 373 g/mol. The minimum absolute atomic E-state index is 0.104. The summed E-state index contributed by atoms with van der Waals surface area (Å²) in [6.07, 6.45) is -5.73. The fourth-order valence-electron chi connectivity index (χ4n) is 2.28. The number of aliphatic hydroxyl groups is 1. The molecule has 1 unspecified atom stereocenters.